The standard InChI is InChI=1S/C26H48N4O2/c1-7-9-11-12-13-14-15-16-17-18-25(32)30(19-10-8-2)21-24(31)27-23-20-22(26(3,4)5)28-29(23)6/h20H,7-19,21H2,1-6H3,(H,27,31). The first-order valence-electron chi connectivity index (χ1n) is 12.8. The summed E-state index contributed by atoms with van der Waals surface area (Å²) in [6.07, 6.45) is 13.5. The Morgan fingerprint density at radius 2 is 1.50 bits per heavy atom. The molecular formula is C26H48N4O2. The minimum absolute atomic E-state index is 0.0840. The molecule has 2 amide bonds. The van der Waals surface area contributed by atoms with Crippen molar-refractivity contribution in [2.45, 2.75) is 117 Å². The van der Waals surface area contributed by atoms with Gasteiger partial charge in [-0.15, -0.1) is 0 Å². The summed E-state index contributed by atoms with van der Waals surface area (Å²) in [4.78, 5) is 27.2. The Kier molecular flexibility index (Phi) is 13.3. The molecule has 0 bridgehead atoms. The molecule has 1 N–H and O–H groups in total. The van der Waals surface area contributed by atoms with Gasteiger partial charge in [-0.25, -0.2) is 0 Å². The number of hydrogen-bond acceptors (Lipinski definition) is 3. The quantitative estimate of drug-likeness (QED) is 0.306. The van der Waals surface area contributed by atoms with Crippen molar-refractivity contribution in [1.29, 1.82) is 0 Å². The number of carbonyl (C=O) groups is 2. The van der Waals surface area contributed by atoms with Crippen LogP contribution in [0.5, 0.6) is 0 Å². The number of aromatic nitrogens is 2. The Labute approximate surface area is 196 Å². The summed E-state index contributed by atoms with van der Waals surface area (Å²) in [5, 5.41) is 7.44. The molecule has 184 valence electrons. The third-order valence-corrected chi connectivity index (χ3v) is 5.88. The van der Waals surface area contributed by atoms with Crippen molar-refractivity contribution >= 4 is 17.6 Å². The van der Waals surface area contributed by atoms with Gasteiger partial charge in [0.25, 0.3) is 0 Å². The van der Waals surface area contributed by atoms with E-state index in [2.05, 4.69) is 45.0 Å². The molecular weight excluding hydrogens is 400 g/mol. The number of anilines is 1. The molecule has 6 heteroatoms. The summed E-state index contributed by atoms with van der Waals surface area (Å²) in [6, 6.07) is 1.92. The minimum atomic E-state index is -0.162. The maximum atomic E-state index is 12.8. The van der Waals surface area contributed by atoms with E-state index in [-0.39, 0.29) is 23.8 Å². The summed E-state index contributed by atoms with van der Waals surface area (Å²) in [6.45, 7) is 11.4. The molecule has 0 spiro atoms. The molecule has 32 heavy (non-hydrogen) atoms. The van der Waals surface area contributed by atoms with E-state index in [1.165, 1.54) is 44.9 Å². The predicted molar refractivity (Wildman–Crippen MR) is 134 cm³/mol. The highest BCUT2D eigenvalue weighted by atomic mass is 16.2. The van der Waals surface area contributed by atoms with Crippen LogP contribution in [0.4, 0.5) is 5.82 Å². The first-order valence-corrected chi connectivity index (χ1v) is 12.8. The number of rotatable bonds is 16. The zero-order chi connectivity index (χ0) is 24.0. The number of nitrogens with zero attached hydrogens (tertiary/aromatic N) is 3. The lowest BCUT2D eigenvalue weighted by atomic mass is 9.92. The zero-order valence-corrected chi connectivity index (χ0v) is 21.6. The second-order valence-electron chi connectivity index (χ2n) is 10.1. The molecule has 0 aliphatic heterocycles. The Morgan fingerprint density at radius 1 is 0.938 bits per heavy atom. The van der Waals surface area contributed by atoms with Crippen LogP contribution in [0.2, 0.25) is 0 Å². The van der Waals surface area contributed by atoms with E-state index < -0.39 is 0 Å². The van der Waals surface area contributed by atoms with Crippen LogP contribution in [0.25, 0.3) is 0 Å². The van der Waals surface area contributed by atoms with Crippen molar-refractivity contribution < 1.29 is 9.59 Å². The van der Waals surface area contributed by atoms with Gasteiger partial charge in [0.15, 0.2) is 0 Å². The number of amides is 2. The van der Waals surface area contributed by atoms with Crippen LogP contribution < -0.4 is 5.32 Å². The molecule has 0 unspecified atom stereocenters. The lowest BCUT2D eigenvalue weighted by molar-refractivity contribution is -0.134. The fraction of sp³-hybridized carbons (Fsp3) is 0.808. The van der Waals surface area contributed by atoms with Crippen LogP contribution in [0.15, 0.2) is 6.07 Å². The van der Waals surface area contributed by atoms with Gasteiger partial charge in [0.05, 0.1) is 12.2 Å². The van der Waals surface area contributed by atoms with Crippen molar-refractivity contribution in [1.82, 2.24) is 14.7 Å². The summed E-state index contributed by atoms with van der Waals surface area (Å²) < 4.78 is 1.69. The number of aryl methyl sites for hydroxylation is 1. The lowest BCUT2D eigenvalue weighted by Crippen LogP contribution is -2.38. The van der Waals surface area contributed by atoms with Crippen molar-refractivity contribution in [2.24, 2.45) is 7.05 Å². The highest BCUT2D eigenvalue weighted by Gasteiger charge is 2.21. The molecule has 1 heterocycles. The number of carbonyl (C=O) groups excluding carboxylic acids is 2. The average molecular weight is 449 g/mol. The largest absolute Gasteiger partial charge is 0.333 e. The van der Waals surface area contributed by atoms with Gasteiger partial charge in [-0.2, -0.15) is 5.10 Å². The molecule has 0 atom stereocenters. The van der Waals surface area contributed by atoms with E-state index in [9.17, 15) is 9.59 Å². The van der Waals surface area contributed by atoms with Gasteiger partial charge >= 0.3 is 0 Å². The fourth-order valence-electron chi connectivity index (χ4n) is 3.69. The van der Waals surface area contributed by atoms with Crippen LogP contribution in [-0.2, 0) is 22.1 Å². The van der Waals surface area contributed by atoms with Crippen molar-refractivity contribution in [3.05, 3.63) is 11.8 Å². The molecule has 0 aliphatic rings. The van der Waals surface area contributed by atoms with Crippen molar-refractivity contribution in [2.75, 3.05) is 18.4 Å². The number of unbranched alkanes of at least 4 members (excludes halogenated alkanes) is 9. The molecule has 0 aliphatic carbocycles. The second-order valence-corrected chi connectivity index (χ2v) is 10.1. The minimum Gasteiger partial charge on any atom is -0.333 e. The number of hydrogen-bond donors (Lipinski definition) is 1. The molecule has 1 rings (SSSR count). The highest BCUT2D eigenvalue weighted by molar-refractivity contribution is 5.94. The maximum Gasteiger partial charge on any atom is 0.245 e. The van der Waals surface area contributed by atoms with Crippen molar-refractivity contribution in [3.8, 4) is 0 Å². The highest BCUT2D eigenvalue weighted by Crippen LogP contribution is 2.23. The molecule has 0 saturated carbocycles. The van der Waals surface area contributed by atoms with Crippen molar-refractivity contribution in [3.63, 3.8) is 0 Å². The van der Waals surface area contributed by atoms with Gasteiger partial charge in [0, 0.05) is 31.5 Å². The van der Waals surface area contributed by atoms with E-state index in [0.29, 0.717) is 18.8 Å². The normalized spacial score (nSPS) is 11.6. The Hall–Kier alpha value is -1.85. The zero-order valence-electron chi connectivity index (χ0n) is 21.6. The first-order chi connectivity index (χ1) is 15.2. The predicted octanol–water partition coefficient (Wildman–Crippen LogP) is 6.21. The van der Waals surface area contributed by atoms with Crippen LogP contribution >= 0.6 is 0 Å². The van der Waals surface area contributed by atoms with E-state index in [4.69, 9.17) is 0 Å². The van der Waals surface area contributed by atoms with E-state index >= 15 is 0 Å². The summed E-state index contributed by atoms with van der Waals surface area (Å²) in [5.41, 5.74) is 0.846. The van der Waals surface area contributed by atoms with Crippen LogP contribution in [0.3, 0.4) is 0 Å². The summed E-state index contributed by atoms with van der Waals surface area (Å²) >= 11 is 0. The molecule has 0 fully saturated rings. The summed E-state index contributed by atoms with van der Waals surface area (Å²) in [7, 11) is 1.83. The topological polar surface area (TPSA) is 67.2 Å². The Balaban J connectivity index is 2.46. The monoisotopic (exact) mass is 448 g/mol. The van der Waals surface area contributed by atoms with Gasteiger partial charge in [-0.1, -0.05) is 92.4 Å². The van der Waals surface area contributed by atoms with Gasteiger partial charge in [-0.05, 0) is 12.8 Å². The molecule has 0 saturated heterocycles. The second kappa shape index (κ2) is 15.1. The van der Waals surface area contributed by atoms with Gasteiger partial charge in [-0.3, -0.25) is 14.3 Å². The molecule has 1 aromatic heterocycles. The fourth-order valence-corrected chi connectivity index (χ4v) is 3.69. The SMILES string of the molecule is CCCCCCCCCCCC(=O)N(CCCC)CC(=O)Nc1cc(C(C)(C)C)nn1C. The number of nitrogens with one attached hydrogen (secondary N) is 1. The molecule has 0 radical (unpaired) electrons. The Morgan fingerprint density at radius 3 is 2.03 bits per heavy atom. The summed E-state index contributed by atoms with van der Waals surface area (Å²) in [5.74, 6) is 0.601. The molecule has 0 aromatic carbocycles. The maximum absolute atomic E-state index is 12.8. The van der Waals surface area contributed by atoms with E-state index in [1.54, 1.807) is 9.58 Å². The van der Waals surface area contributed by atoms with Crippen LogP contribution in [-0.4, -0.2) is 39.6 Å². The lowest BCUT2D eigenvalue weighted by Gasteiger charge is -2.22. The molecule has 6 nitrogen and oxygen atoms in total. The van der Waals surface area contributed by atoms with E-state index in [0.717, 1.165) is 31.4 Å². The third kappa shape index (κ3) is 11.1. The smallest absolute Gasteiger partial charge is 0.245 e. The third-order valence-electron chi connectivity index (χ3n) is 5.88. The average Bonchev–Trinajstić information content (AvgIpc) is 3.10. The van der Waals surface area contributed by atoms with Gasteiger partial charge < -0.3 is 10.2 Å². The van der Waals surface area contributed by atoms with E-state index in [1.807, 2.05) is 13.1 Å². The van der Waals surface area contributed by atoms with Crippen LogP contribution in [0, 0.1) is 0 Å². The first kappa shape index (κ1) is 28.2. The molecule has 1 aromatic rings. The Bertz CT molecular complexity index is 676. The van der Waals surface area contributed by atoms with Gasteiger partial charge in [0.2, 0.25) is 11.8 Å². The van der Waals surface area contributed by atoms with Crippen LogP contribution in [0.1, 0.15) is 117 Å². The van der Waals surface area contributed by atoms with Gasteiger partial charge in [0.1, 0.15) is 5.82 Å².